The highest BCUT2D eigenvalue weighted by molar-refractivity contribution is 7.89. The number of hydrogen-bond acceptors (Lipinski definition) is 5. The third kappa shape index (κ3) is 6.16. The quantitative estimate of drug-likeness (QED) is 0.454. The van der Waals surface area contributed by atoms with Crippen molar-refractivity contribution in [3.8, 4) is 5.75 Å². The molecule has 0 atom stereocenters. The van der Waals surface area contributed by atoms with Crippen LogP contribution < -0.4 is 20.9 Å². The average Bonchev–Trinajstić information content (AvgIpc) is 2.77. The van der Waals surface area contributed by atoms with E-state index in [1.54, 1.807) is 54.6 Å². The summed E-state index contributed by atoms with van der Waals surface area (Å²) in [5.41, 5.74) is 7.75. The van der Waals surface area contributed by atoms with E-state index in [9.17, 15) is 18.0 Å². The molecular weight excluding hydrogens is 430 g/mol. The monoisotopic (exact) mass is 453 g/mol. The summed E-state index contributed by atoms with van der Waals surface area (Å²) >= 11 is 0. The zero-order valence-corrected chi connectivity index (χ0v) is 18.0. The fourth-order valence-corrected chi connectivity index (χ4v) is 3.54. The van der Waals surface area contributed by atoms with Gasteiger partial charge in [-0.05, 0) is 53.9 Å². The van der Waals surface area contributed by atoms with Crippen LogP contribution in [0.2, 0.25) is 0 Å². The Kier molecular flexibility index (Phi) is 7.24. The fourth-order valence-electron chi connectivity index (χ4n) is 3.03. The number of ether oxygens (including phenoxy) is 1. The van der Waals surface area contributed by atoms with Crippen LogP contribution in [-0.2, 0) is 23.1 Å². The number of primary amides is 1. The summed E-state index contributed by atoms with van der Waals surface area (Å²) in [5.74, 6) is -0.443. The van der Waals surface area contributed by atoms with Crippen molar-refractivity contribution in [1.29, 1.82) is 0 Å². The van der Waals surface area contributed by atoms with Gasteiger partial charge < -0.3 is 15.8 Å². The average molecular weight is 454 g/mol. The summed E-state index contributed by atoms with van der Waals surface area (Å²) in [4.78, 5) is 24.0. The number of nitrogens with two attached hydrogens (primary N) is 2. The van der Waals surface area contributed by atoms with Crippen molar-refractivity contribution in [2.24, 2.45) is 10.9 Å². The zero-order valence-electron chi connectivity index (χ0n) is 17.2. The smallest absolute Gasteiger partial charge is 0.252 e. The first-order chi connectivity index (χ1) is 15.2. The predicted molar refractivity (Wildman–Crippen MR) is 120 cm³/mol. The van der Waals surface area contributed by atoms with Crippen molar-refractivity contribution in [2.45, 2.75) is 17.9 Å². The van der Waals surface area contributed by atoms with E-state index in [1.807, 2.05) is 6.07 Å². The predicted octanol–water partition coefficient (Wildman–Crippen LogP) is 1.98. The Labute approximate surface area is 186 Å². The number of sulfonamides is 1. The molecule has 166 valence electrons. The van der Waals surface area contributed by atoms with Crippen LogP contribution in [0.15, 0.2) is 77.7 Å². The highest BCUT2D eigenvalue weighted by Crippen LogP contribution is 2.19. The Bertz CT molecular complexity index is 1220. The van der Waals surface area contributed by atoms with Gasteiger partial charge in [-0.3, -0.25) is 9.59 Å². The van der Waals surface area contributed by atoms with Crippen LogP contribution in [-0.4, -0.2) is 26.8 Å². The molecule has 0 saturated heterocycles. The van der Waals surface area contributed by atoms with E-state index < -0.39 is 15.9 Å². The topological polar surface area (TPSA) is 142 Å². The third-order valence-electron chi connectivity index (χ3n) is 4.69. The molecule has 0 aliphatic carbocycles. The molecule has 0 aliphatic rings. The molecule has 0 aromatic heterocycles. The van der Waals surface area contributed by atoms with Crippen LogP contribution in [0.25, 0.3) is 0 Å². The number of benzene rings is 3. The Balaban J connectivity index is 1.55. The number of para-hydroxylation sites is 1. The molecule has 0 saturated carbocycles. The Morgan fingerprint density at radius 1 is 0.906 bits per heavy atom. The van der Waals surface area contributed by atoms with Crippen molar-refractivity contribution < 1.29 is 22.7 Å². The summed E-state index contributed by atoms with van der Waals surface area (Å²) < 4.78 is 28.3. The first-order valence-electron chi connectivity index (χ1n) is 9.74. The summed E-state index contributed by atoms with van der Waals surface area (Å²) in [6.07, 6.45) is 0.531. The molecule has 3 aromatic carbocycles. The first-order valence-corrected chi connectivity index (χ1v) is 11.3. The Hall–Kier alpha value is -3.69. The minimum absolute atomic E-state index is 0.0442. The minimum atomic E-state index is -3.73. The van der Waals surface area contributed by atoms with Crippen LogP contribution in [0.3, 0.4) is 0 Å². The van der Waals surface area contributed by atoms with E-state index in [-0.39, 0.29) is 17.4 Å². The van der Waals surface area contributed by atoms with E-state index in [0.717, 1.165) is 11.1 Å². The second-order valence-electron chi connectivity index (χ2n) is 7.04. The maximum atomic E-state index is 12.5. The van der Waals surface area contributed by atoms with Crippen molar-refractivity contribution in [3.05, 3.63) is 95.1 Å². The number of hydrogen-bond donors (Lipinski definition) is 3. The van der Waals surface area contributed by atoms with Crippen molar-refractivity contribution >= 4 is 21.8 Å². The van der Waals surface area contributed by atoms with Gasteiger partial charge in [-0.2, -0.15) is 0 Å². The van der Waals surface area contributed by atoms with E-state index in [4.69, 9.17) is 15.6 Å². The maximum absolute atomic E-state index is 12.5. The van der Waals surface area contributed by atoms with Gasteiger partial charge in [0.2, 0.25) is 10.0 Å². The highest BCUT2D eigenvalue weighted by atomic mass is 32.2. The molecule has 5 N–H and O–H groups in total. The molecule has 0 fully saturated rings. The van der Waals surface area contributed by atoms with Gasteiger partial charge in [0.05, 0.1) is 10.5 Å². The molecule has 2 amide bonds. The first kappa shape index (κ1) is 23.0. The summed E-state index contributed by atoms with van der Waals surface area (Å²) in [7, 11) is -3.73. The zero-order chi connectivity index (χ0) is 23.1. The number of rotatable bonds is 9. The summed E-state index contributed by atoms with van der Waals surface area (Å²) in [6, 6.07) is 19.9. The number of amides is 2. The van der Waals surface area contributed by atoms with E-state index >= 15 is 0 Å². The molecule has 0 unspecified atom stereocenters. The van der Waals surface area contributed by atoms with Gasteiger partial charge in [0, 0.05) is 12.1 Å². The number of carbonyl (C=O) groups excluding carboxylic acids is 2. The van der Waals surface area contributed by atoms with Gasteiger partial charge in [-0.1, -0.05) is 36.4 Å². The number of nitrogens with one attached hydrogen (secondary N) is 1. The Morgan fingerprint density at radius 3 is 2.31 bits per heavy atom. The molecule has 0 spiro atoms. The minimum Gasteiger partial charge on any atom is -0.488 e. The van der Waals surface area contributed by atoms with Crippen LogP contribution in [0.5, 0.6) is 5.75 Å². The summed E-state index contributed by atoms with van der Waals surface area (Å²) in [5, 5.41) is 7.92. The van der Waals surface area contributed by atoms with Gasteiger partial charge in [0.25, 0.3) is 11.8 Å². The van der Waals surface area contributed by atoms with E-state index in [1.165, 1.54) is 12.1 Å². The van der Waals surface area contributed by atoms with Crippen LogP contribution >= 0.6 is 0 Å². The molecule has 8 nitrogen and oxygen atoms in total. The maximum Gasteiger partial charge on any atom is 0.252 e. The number of primary sulfonamides is 1. The molecule has 0 radical (unpaired) electrons. The van der Waals surface area contributed by atoms with Crippen LogP contribution in [0.1, 0.15) is 31.8 Å². The normalized spacial score (nSPS) is 11.0. The molecular formula is C23H23N3O5S. The second kappa shape index (κ2) is 10.1. The van der Waals surface area contributed by atoms with Gasteiger partial charge in [-0.25, -0.2) is 13.6 Å². The van der Waals surface area contributed by atoms with E-state index in [0.29, 0.717) is 29.8 Å². The van der Waals surface area contributed by atoms with Gasteiger partial charge in [-0.15, -0.1) is 0 Å². The van der Waals surface area contributed by atoms with E-state index in [2.05, 4.69) is 5.32 Å². The molecule has 3 aromatic rings. The standard InChI is InChI=1S/C23H23N3O5S/c24-22(27)20-6-1-2-7-21(20)31-15-17-4-3-5-18(14-17)23(28)26-13-12-16-8-10-19(11-9-16)32(25,29)30/h1-11,14H,12-13,15H2,(H2,24,27)(H,26,28)(H2,25,29,30). The summed E-state index contributed by atoms with van der Waals surface area (Å²) in [6.45, 7) is 0.544. The Morgan fingerprint density at radius 2 is 1.62 bits per heavy atom. The van der Waals surface area contributed by atoms with Gasteiger partial charge >= 0.3 is 0 Å². The number of carbonyl (C=O) groups is 2. The molecule has 3 rings (SSSR count). The molecule has 0 aliphatic heterocycles. The molecule has 0 heterocycles. The van der Waals surface area contributed by atoms with Crippen molar-refractivity contribution in [3.63, 3.8) is 0 Å². The van der Waals surface area contributed by atoms with Crippen molar-refractivity contribution in [1.82, 2.24) is 5.32 Å². The van der Waals surface area contributed by atoms with Crippen molar-refractivity contribution in [2.75, 3.05) is 6.54 Å². The lowest BCUT2D eigenvalue weighted by molar-refractivity contribution is 0.0952. The lowest BCUT2D eigenvalue weighted by atomic mass is 10.1. The largest absolute Gasteiger partial charge is 0.488 e. The lowest BCUT2D eigenvalue weighted by Gasteiger charge is -2.11. The van der Waals surface area contributed by atoms with Crippen LogP contribution in [0, 0.1) is 0 Å². The molecule has 9 heteroatoms. The lowest BCUT2D eigenvalue weighted by Crippen LogP contribution is -2.25. The highest BCUT2D eigenvalue weighted by Gasteiger charge is 2.10. The van der Waals surface area contributed by atoms with Crippen LogP contribution in [0.4, 0.5) is 0 Å². The SMILES string of the molecule is NC(=O)c1ccccc1OCc1cccc(C(=O)NCCc2ccc(S(N)(=O)=O)cc2)c1. The molecule has 0 bridgehead atoms. The molecule has 32 heavy (non-hydrogen) atoms. The van der Waals surface area contributed by atoms with Gasteiger partial charge in [0.15, 0.2) is 0 Å². The second-order valence-corrected chi connectivity index (χ2v) is 8.61. The fraction of sp³-hybridized carbons (Fsp3) is 0.130. The third-order valence-corrected chi connectivity index (χ3v) is 5.62. The van der Waals surface area contributed by atoms with Gasteiger partial charge in [0.1, 0.15) is 12.4 Å².